The highest BCUT2D eigenvalue weighted by Crippen LogP contribution is 2.32. The Morgan fingerprint density at radius 3 is 2.70 bits per heavy atom. The predicted molar refractivity (Wildman–Crippen MR) is 129 cm³/mol. The second-order valence-electron chi connectivity index (χ2n) is 10.9. The summed E-state index contributed by atoms with van der Waals surface area (Å²) in [7, 11) is 0. The average molecular weight is 449 g/mol. The van der Waals surface area contributed by atoms with Crippen molar-refractivity contribution in [2.75, 3.05) is 26.2 Å². The van der Waals surface area contributed by atoms with Crippen molar-refractivity contribution in [3.05, 3.63) is 35.0 Å². The lowest BCUT2D eigenvalue weighted by atomic mass is 9.96. The average Bonchev–Trinajstić information content (AvgIpc) is 3.37. The lowest BCUT2D eigenvalue weighted by Gasteiger charge is -2.32. The van der Waals surface area contributed by atoms with E-state index in [1.54, 1.807) is 0 Å². The van der Waals surface area contributed by atoms with Crippen molar-refractivity contribution in [1.29, 1.82) is 0 Å². The number of likely N-dealkylation sites (tertiary alicyclic amines) is 1. The SMILES string of the molecule is O=C(NC1CC1)C1CCCN(C(=O)c2ccc3[nH]c4c(c3c2)CN(CC2CCCC2)CC4)C1. The van der Waals surface area contributed by atoms with Crippen LogP contribution >= 0.6 is 0 Å². The monoisotopic (exact) mass is 448 g/mol. The molecule has 2 saturated carbocycles. The predicted octanol–water partition coefficient (Wildman–Crippen LogP) is 3.85. The molecule has 3 heterocycles. The van der Waals surface area contributed by atoms with Gasteiger partial charge in [-0.3, -0.25) is 14.5 Å². The maximum Gasteiger partial charge on any atom is 0.253 e. The van der Waals surface area contributed by atoms with Gasteiger partial charge in [0, 0.05) is 67.3 Å². The second kappa shape index (κ2) is 8.79. The minimum absolute atomic E-state index is 0.0643. The molecular formula is C27H36N4O2. The van der Waals surface area contributed by atoms with Crippen molar-refractivity contribution in [3.8, 4) is 0 Å². The van der Waals surface area contributed by atoms with Gasteiger partial charge >= 0.3 is 0 Å². The third-order valence-corrected chi connectivity index (χ3v) is 8.30. The Balaban J connectivity index is 1.18. The summed E-state index contributed by atoms with van der Waals surface area (Å²) >= 11 is 0. The van der Waals surface area contributed by atoms with Crippen LogP contribution in [-0.2, 0) is 17.8 Å². The molecule has 2 aliphatic carbocycles. The molecule has 1 aromatic heterocycles. The number of carbonyl (C=O) groups excluding carboxylic acids is 2. The van der Waals surface area contributed by atoms with Crippen LogP contribution in [0.5, 0.6) is 0 Å². The summed E-state index contributed by atoms with van der Waals surface area (Å²) in [4.78, 5) is 34.1. The number of nitrogens with one attached hydrogen (secondary N) is 2. The van der Waals surface area contributed by atoms with Crippen LogP contribution in [0.3, 0.4) is 0 Å². The highest BCUT2D eigenvalue weighted by molar-refractivity contribution is 5.99. The molecule has 1 unspecified atom stereocenters. The number of piperidine rings is 1. The standard InChI is InChI=1S/C27H36N4O2/c32-26(28-21-8-9-21)20-6-3-12-31(16-20)27(33)19-7-10-24-22(14-19)23-17-30(13-11-25(23)29-24)15-18-4-1-2-5-18/h7,10,14,18,20-21,29H,1-6,8-9,11-13,15-17H2,(H,28,32). The van der Waals surface area contributed by atoms with Crippen molar-refractivity contribution in [3.63, 3.8) is 0 Å². The van der Waals surface area contributed by atoms with E-state index in [9.17, 15) is 9.59 Å². The Morgan fingerprint density at radius 2 is 1.88 bits per heavy atom. The molecule has 2 amide bonds. The number of benzene rings is 1. The molecule has 4 aliphatic rings. The van der Waals surface area contributed by atoms with E-state index in [0.29, 0.717) is 12.6 Å². The number of nitrogens with zero attached hydrogens (tertiary/aromatic N) is 2. The number of rotatable bonds is 5. The maximum absolute atomic E-state index is 13.4. The molecule has 6 rings (SSSR count). The van der Waals surface area contributed by atoms with Crippen LogP contribution in [-0.4, -0.2) is 58.8 Å². The smallest absolute Gasteiger partial charge is 0.253 e. The number of amides is 2. The summed E-state index contributed by atoms with van der Waals surface area (Å²) in [6, 6.07) is 6.50. The van der Waals surface area contributed by atoms with E-state index in [1.165, 1.54) is 48.9 Å². The van der Waals surface area contributed by atoms with Gasteiger partial charge in [-0.25, -0.2) is 0 Å². The first kappa shape index (κ1) is 21.2. The van der Waals surface area contributed by atoms with Crippen molar-refractivity contribution < 1.29 is 9.59 Å². The second-order valence-corrected chi connectivity index (χ2v) is 10.9. The molecule has 1 aromatic carbocycles. The molecule has 0 bridgehead atoms. The number of H-pyrrole nitrogens is 1. The molecule has 6 heteroatoms. The van der Waals surface area contributed by atoms with Gasteiger partial charge in [-0.05, 0) is 68.2 Å². The third kappa shape index (κ3) is 4.42. The highest BCUT2D eigenvalue weighted by atomic mass is 16.2. The molecule has 2 N–H and O–H groups in total. The van der Waals surface area contributed by atoms with Crippen molar-refractivity contribution >= 4 is 22.7 Å². The molecule has 1 saturated heterocycles. The lowest BCUT2D eigenvalue weighted by molar-refractivity contribution is -0.126. The Morgan fingerprint density at radius 1 is 1.03 bits per heavy atom. The molecule has 3 fully saturated rings. The van der Waals surface area contributed by atoms with Gasteiger partial charge in [0.25, 0.3) is 5.91 Å². The lowest BCUT2D eigenvalue weighted by Crippen LogP contribution is -2.45. The minimum Gasteiger partial charge on any atom is -0.358 e. The zero-order valence-electron chi connectivity index (χ0n) is 19.6. The zero-order chi connectivity index (χ0) is 22.4. The fourth-order valence-corrected chi connectivity index (χ4v) is 6.22. The highest BCUT2D eigenvalue weighted by Gasteiger charge is 2.32. The van der Waals surface area contributed by atoms with Crippen LogP contribution in [0.4, 0.5) is 0 Å². The van der Waals surface area contributed by atoms with Crippen molar-refractivity contribution in [2.24, 2.45) is 11.8 Å². The van der Waals surface area contributed by atoms with E-state index in [1.807, 2.05) is 11.0 Å². The summed E-state index contributed by atoms with van der Waals surface area (Å²) in [5.74, 6) is 0.983. The molecular weight excluding hydrogens is 412 g/mol. The van der Waals surface area contributed by atoms with Crippen LogP contribution in [0.2, 0.25) is 0 Å². The summed E-state index contributed by atoms with van der Waals surface area (Å²) in [5.41, 5.74) is 4.61. The fourth-order valence-electron chi connectivity index (χ4n) is 6.22. The largest absolute Gasteiger partial charge is 0.358 e. The zero-order valence-corrected chi connectivity index (χ0v) is 19.6. The number of aromatic amines is 1. The maximum atomic E-state index is 13.4. The molecule has 2 aromatic rings. The van der Waals surface area contributed by atoms with E-state index in [-0.39, 0.29) is 17.7 Å². The van der Waals surface area contributed by atoms with Crippen LogP contribution in [0.15, 0.2) is 18.2 Å². The Kier molecular flexibility index (Phi) is 5.65. The quantitative estimate of drug-likeness (QED) is 0.730. The van der Waals surface area contributed by atoms with Gasteiger partial charge in [0.2, 0.25) is 5.91 Å². The van der Waals surface area contributed by atoms with Gasteiger partial charge in [-0.15, -0.1) is 0 Å². The van der Waals surface area contributed by atoms with Gasteiger partial charge in [0.05, 0.1) is 5.92 Å². The minimum atomic E-state index is -0.0730. The van der Waals surface area contributed by atoms with E-state index < -0.39 is 0 Å². The van der Waals surface area contributed by atoms with Crippen LogP contribution < -0.4 is 5.32 Å². The van der Waals surface area contributed by atoms with Gasteiger partial charge in [-0.2, -0.15) is 0 Å². The normalized spacial score (nSPS) is 24.2. The summed E-state index contributed by atoms with van der Waals surface area (Å²) < 4.78 is 0. The first-order chi connectivity index (χ1) is 16.1. The number of fused-ring (bicyclic) bond motifs is 3. The summed E-state index contributed by atoms with van der Waals surface area (Å²) in [6.45, 7) is 4.60. The number of hydrogen-bond donors (Lipinski definition) is 2. The summed E-state index contributed by atoms with van der Waals surface area (Å²) in [5, 5.41) is 4.32. The molecule has 0 spiro atoms. The van der Waals surface area contributed by atoms with E-state index in [4.69, 9.17) is 0 Å². The first-order valence-corrected chi connectivity index (χ1v) is 13.1. The van der Waals surface area contributed by atoms with Crippen LogP contribution in [0, 0.1) is 11.8 Å². The molecule has 2 aliphatic heterocycles. The van der Waals surface area contributed by atoms with Gasteiger partial charge in [-0.1, -0.05) is 12.8 Å². The Bertz CT molecular complexity index is 1050. The van der Waals surface area contributed by atoms with Gasteiger partial charge in [0.15, 0.2) is 0 Å². The van der Waals surface area contributed by atoms with Crippen LogP contribution in [0.25, 0.3) is 10.9 Å². The van der Waals surface area contributed by atoms with E-state index >= 15 is 0 Å². The van der Waals surface area contributed by atoms with Crippen molar-refractivity contribution in [2.45, 2.75) is 70.4 Å². The molecule has 1 atom stereocenters. The summed E-state index contributed by atoms with van der Waals surface area (Å²) in [6.07, 6.45) is 10.6. The van der Waals surface area contributed by atoms with Gasteiger partial charge < -0.3 is 15.2 Å². The molecule has 33 heavy (non-hydrogen) atoms. The van der Waals surface area contributed by atoms with Crippen molar-refractivity contribution in [1.82, 2.24) is 20.1 Å². The molecule has 0 radical (unpaired) electrons. The fraction of sp³-hybridized carbons (Fsp3) is 0.630. The number of carbonyl (C=O) groups is 2. The van der Waals surface area contributed by atoms with E-state index in [0.717, 1.165) is 68.7 Å². The third-order valence-electron chi connectivity index (χ3n) is 8.30. The van der Waals surface area contributed by atoms with Gasteiger partial charge in [0.1, 0.15) is 0 Å². The number of hydrogen-bond acceptors (Lipinski definition) is 3. The van der Waals surface area contributed by atoms with E-state index in [2.05, 4.69) is 27.3 Å². The Hall–Kier alpha value is -2.34. The molecule has 176 valence electrons. The number of aromatic nitrogens is 1. The topological polar surface area (TPSA) is 68.4 Å². The van der Waals surface area contributed by atoms with Crippen LogP contribution in [0.1, 0.15) is 73.0 Å². The molecule has 6 nitrogen and oxygen atoms in total. The Labute approximate surface area is 196 Å². The first-order valence-electron chi connectivity index (χ1n) is 13.1.